The second-order valence-corrected chi connectivity index (χ2v) is 8.35. The van der Waals surface area contributed by atoms with E-state index in [1.165, 1.54) is 0 Å². The highest BCUT2D eigenvalue weighted by molar-refractivity contribution is 5.85. The van der Waals surface area contributed by atoms with Crippen LogP contribution in [-0.4, -0.2) is 55.0 Å². The van der Waals surface area contributed by atoms with Crippen molar-refractivity contribution in [3.8, 4) is 11.1 Å². The van der Waals surface area contributed by atoms with E-state index in [0.29, 0.717) is 19.4 Å². The predicted molar refractivity (Wildman–Crippen MR) is 121 cm³/mol. The van der Waals surface area contributed by atoms with Gasteiger partial charge in [-0.15, -0.1) is 0 Å². The van der Waals surface area contributed by atoms with Gasteiger partial charge in [-0.1, -0.05) is 55.5 Å². The molecule has 0 saturated carbocycles. The van der Waals surface area contributed by atoms with Crippen LogP contribution in [0.15, 0.2) is 48.5 Å². The van der Waals surface area contributed by atoms with Gasteiger partial charge in [0.25, 0.3) is 0 Å². The molecular formula is C25H28N2O6. The summed E-state index contributed by atoms with van der Waals surface area (Å²) in [6, 6.07) is 15.4. The van der Waals surface area contributed by atoms with Crippen LogP contribution < -0.4 is 10.6 Å². The van der Waals surface area contributed by atoms with Crippen LogP contribution in [0.25, 0.3) is 11.1 Å². The number of carbonyl (C=O) groups excluding carboxylic acids is 2. The van der Waals surface area contributed by atoms with E-state index in [-0.39, 0.29) is 30.9 Å². The summed E-state index contributed by atoms with van der Waals surface area (Å²) in [6.07, 6.45) is -0.639. The number of amides is 2. The molecule has 2 amide bonds. The van der Waals surface area contributed by atoms with Crippen molar-refractivity contribution in [1.82, 2.24) is 10.6 Å². The second-order valence-electron chi connectivity index (χ2n) is 8.35. The molecule has 1 aliphatic carbocycles. The van der Waals surface area contributed by atoms with Crippen molar-refractivity contribution in [3.63, 3.8) is 0 Å². The fourth-order valence-corrected chi connectivity index (χ4v) is 4.61. The molecule has 1 saturated heterocycles. The molecule has 2 aromatic carbocycles. The van der Waals surface area contributed by atoms with Crippen LogP contribution in [0.3, 0.4) is 0 Å². The Kier molecular flexibility index (Phi) is 6.93. The number of benzene rings is 2. The van der Waals surface area contributed by atoms with E-state index >= 15 is 0 Å². The van der Waals surface area contributed by atoms with E-state index in [0.717, 1.165) is 22.3 Å². The summed E-state index contributed by atoms with van der Waals surface area (Å²) in [4.78, 5) is 36.3. The van der Waals surface area contributed by atoms with Gasteiger partial charge in [-0.3, -0.25) is 4.79 Å². The van der Waals surface area contributed by atoms with Crippen molar-refractivity contribution >= 4 is 18.0 Å². The summed E-state index contributed by atoms with van der Waals surface area (Å²) >= 11 is 0. The number of fused-ring (bicyclic) bond motifs is 3. The number of alkyl carbamates (subject to hydrolysis) is 1. The minimum absolute atomic E-state index is 0.0626. The minimum atomic E-state index is -1.03. The highest BCUT2D eigenvalue weighted by atomic mass is 16.5. The van der Waals surface area contributed by atoms with Gasteiger partial charge < -0.3 is 25.2 Å². The van der Waals surface area contributed by atoms with Gasteiger partial charge in [0.2, 0.25) is 5.91 Å². The largest absolute Gasteiger partial charge is 0.479 e. The molecule has 0 unspecified atom stereocenters. The molecule has 0 bridgehead atoms. The molecule has 1 aliphatic heterocycles. The molecule has 174 valence electrons. The molecule has 0 spiro atoms. The van der Waals surface area contributed by atoms with Crippen molar-refractivity contribution in [2.45, 2.75) is 37.8 Å². The summed E-state index contributed by atoms with van der Waals surface area (Å²) < 4.78 is 10.7. The average Bonchev–Trinajstić information content (AvgIpc) is 3.42. The van der Waals surface area contributed by atoms with Gasteiger partial charge >= 0.3 is 12.1 Å². The summed E-state index contributed by atoms with van der Waals surface area (Å²) in [7, 11) is 0. The number of aliphatic carboxylic acids is 1. The molecule has 2 aliphatic rings. The molecule has 1 heterocycles. The fourth-order valence-electron chi connectivity index (χ4n) is 4.61. The molecule has 0 aromatic heterocycles. The number of carboxylic acid groups (broad SMARTS) is 1. The van der Waals surface area contributed by atoms with Crippen LogP contribution in [0.5, 0.6) is 0 Å². The van der Waals surface area contributed by atoms with E-state index in [2.05, 4.69) is 22.8 Å². The molecule has 0 radical (unpaired) electrons. The lowest BCUT2D eigenvalue weighted by atomic mass is 9.98. The number of hydrogen-bond donors (Lipinski definition) is 3. The maximum Gasteiger partial charge on any atom is 0.407 e. The zero-order chi connectivity index (χ0) is 23.4. The fraction of sp³-hybridized carbons (Fsp3) is 0.400. The maximum atomic E-state index is 12.6. The van der Waals surface area contributed by atoms with Crippen LogP contribution >= 0.6 is 0 Å². The molecule has 1 fully saturated rings. The molecule has 8 nitrogen and oxygen atoms in total. The Morgan fingerprint density at radius 2 is 1.73 bits per heavy atom. The minimum Gasteiger partial charge on any atom is -0.479 e. The summed E-state index contributed by atoms with van der Waals surface area (Å²) in [5.41, 5.74) is 4.51. The average molecular weight is 453 g/mol. The zero-order valence-corrected chi connectivity index (χ0v) is 18.5. The monoisotopic (exact) mass is 452 g/mol. The van der Waals surface area contributed by atoms with Gasteiger partial charge in [0.05, 0.1) is 0 Å². The molecule has 3 N–H and O–H groups in total. The summed E-state index contributed by atoms with van der Waals surface area (Å²) in [5.74, 6) is -1.76. The van der Waals surface area contributed by atoms with Crippen LogP contribution in [0.1, 0.15) is 36.8 Å². The molecule has 2 aromatic rings. The Morgan fingerprint density at radius 1 is 1.09 bits per heavy atom. The first-order valence-corrected chi connectivity index (χ1v) is 11.2. The molecule has 4 rings (SSSR count). The molecular weight excluding hydrogens is 424 g/mol. The number of carbonyl (C=O) groups is 3. The smallest absolute Gasteiger partial charge is 0.407 e. The summed E-state index contributed by atoms with van der Waals surface area (Å²) in [5, 5.41) is 14.5. The van der Waals surface area contributed by atoms with Crippen molar-refractivity contribution in [2.24, 2.45) is 5.92 Å². The lowest BCUT2D eigenvalue weighted by molar-refractivity contribution is -0.149. The van der Waals surface area contributed by atoms with Gasteiger partial charge in [-0.05, 0) is 35.1 Å². The first kappa shape index (κ1) is 22.8. The zero-order valence-electron chi connectivity index (χ0n) is 18.5. The van der Waals surface area contributed by atoms with Crippen molar-refractivity contribution in [1.29, 1.82) is 0 Å². The van der Waals surface area contributed by atoms with Crippen LogP contribution in [0.4, 0.5) is 4.79 Å². The van der Waals surface area contributed by atoms with Crippen molar-refractivity contribution in [2.75, 3.05) is 19.8 Å². The van der Waals surface area contributed by atoms with Gasteiger partial charge in [0.15, 0.2) is 6.10 Å². The first-order chi connectivity index (χ1) is 16.0. The van der Waals surface area contributed by atoms with Gasteiger partial charge in [-0.25, -0.2) is 9.59 Å². The Bertz CT molecular complexity index is 994. The third kappa shape index (κ3) is 4.85. The van der Waals surface area contributed by atoms with E-state index in [1.807, 2.05) is 36.4 Å². The van der Waals surface area contributed by atoms with Gasteiger partial charge in [0, 0.05) is 25.0 Å². The number of ether oxygens (including phenoxy) is 2. The Balaban J connectivity index is 1.32. The lowest BCUT2D eigenvalue weighted by Gasteiger charge is -2.20. The molecule has 3 atom stereocenters. The van der Waals surface area contributed by atoms with Crippen LogP contribution in [0, 0.1) is 5.92 Å². The molecule has 33 heavy (non-hydrogen) atoms. The Hall–Kier alpha value is -3.39. The Morgan fingerprint density at radius 3 is 2.33 bits per heavy atom. The van der Waals surface area contributed by atoms with Gasteiger partial charge in [-0.2, -0.15) is 0 Å². The van der Waals surface area contributed by atoms with E-state index in [9.17, 15) is 19.5 Å². The van der Waals surface area contributed by atoms with Crippen LogP contribution in [0.2, 0.25) is 0 Å². The topological polar surface area (TPSA) is 114 Å². The number of rotatable bonds is 8. The quantitative estimate of drug-likeness (QED) is 0.568. The summed E-state index contributed by atoms with van der Waals surface area (Å²) in [6.45, 7) is 2.48. The van der Waals surface area contributed by atoms with Crippen LogP contribution in [-0.2, 0) is 19.1 Å². The highest BCUT2D eigenvalue weighted by Gasteiger charge is 2.35. The highest BCUT2D eigenvalue weighted by Crippen LogP contribution is 2.44. The normalized spacial score (nSPS) is 19.9. The van der Waals surface area contributed by atoms with E-state index in [4.69, 9.17) is 9.47 Å². The number of carboxylic acids is 1. The molecule has 8 heteroatoms. The third-order valence-corrected chi connectivity index (χ3v) is 6.36. The number of nitrogens with one attached hydrogen (secondary N) is 2. The van der Waals surface area contributed by atoms with Gasteiger partial charge in [0.1, 0.15) is 12.6 Å². The standard InChI is InChI=1S/C25H28N2O6/c1-2-21(23(28)26-13-15-11-12-32-22(15)24(29)30)27-25(31)33-14-20-18-9-5-3-7-16(18)17-8-4-6-10-19(17)20/h3-10,15,20-22H,2,11-14H2,1H3,(H,26,28)(H,27,31)(H,29,30)/t15-,21-,22-/m0/s1. The van der Waals surface area contributed by atoms with E-state index in [1.54, 1.807) is 6.92 Å². The SMILES string of the molecule is CC[C@H](NC(=O)OCC1c2ccccc2-c2ccccc21)C(=O)NC[C@@H]1CCO[C@@H]1C(=O)O. The predicted octanol–water partition coefficient (Wildman–Crippen LogP) is 2.91. The first-order valence-electron chi connectivity index (χ1n) is 11.2. The second kappa shape index (κ2) is 10.0. The van der Waals surface area contributed by atoms with Crippen molar-refractivity contribution in [3.05, 3.63) is 59.7 Å². The number of hydrogen-bond acceptors (Lipinski definition) is 5. The third-order valence-electron chi connectivity index (χ3n) is 6.36. The van der Waals surface area contributed by atoms with Crippen molar-refractivity contribution < 1.29 is 29.0 Å². The lowest BCUT2D eigenvalue weighted by Crippen LogP contribution is -2.48. The van der Waals surface area contributed by atoms with E-state index < -0.39 is 24.2 Å². The maximum absolute atomic E-state index is 12.6. The Labute approximate surface area is 192 Å².